The number of carbonyl (C=O) groups is 1. The molecule has 5 nitrogen and oxygen atoms in total. The number of nitrogens with zero attached hydrogens (tertiary/aromatic N) is 2. The second-order valence-electron chi connectivity index (χ2n) is 6.09. The Morgan fingerprint density at radius 3 is 2.42 bits per heavy atom. The predicted molar refractivity (Wildman–Crippen MR) is 94.0 cm³/mol. The second kappa shape index (κ2) is 6.91. The maximum atomic E-state index is 12.0. The maximum absolute atomic E-state index is 12.0. The summed E-state index contributed by atoms with van der Waals surface area (Å²) in [6.07, 6.45) is 3.34. The number of piperidine rings is 1. The Kier molecular flexibility index (Phi) is 4.69. The first-order valence-corrected chi connectivity index (χ1v) is 8.24. The molecule has 3 rings (SSSR count). The first-order valence-electron chi connectivity index (χ1n) is 8.24. The number of hydrogen-bond acceptors (Lipinski definition) is 4. The molecule has 2 aromatic rings. The SMILES string of the molecule is COc1ccc(-c2cc(C)nc(N3CCCCC3)c2C(=O)O)cc1. The van der Waals surface area contributed by atoms with Gasteiger partial charge >= 0.3 is 5.97 Å². The molecule has 0 amide bonds. The van der Waals surface area contributed by atoms with Gasteiger partial charge in [0.05, 0.1) is 7.11 Å². The summed E-state index contributed by atoms with van der Waals surface area (Å²) in [4.78, 5) is 18.7. The zero-order valence-electron chi connectivity index (χ0n) is 14.1. The second-order valence-corrected chi connectivity index (χ2v) is 6.09. The van der Waals surface area contributed by atoms with Gasteiger partial charge in [-0.3, -0.25) is 0 Å². The molecule has 0 aliphatic carbocycles. The number of aromatic nitrogens is 1. The van der Waals surface area contributed by atoms with Crippen molar-refractivity contribution in [2.24, 2.45) is 0 Å². The van der Waals surface area contributed by atoms with Crippen LogP contribution in [0.4, 0.5) is 5.82 Å². The summed E-state index contributed by atoms with van der Waals surface area (Å²) in [5.41, 5.74) is 2.68. The van der Waals surface area contributed by atoms with E-state index >= 15 is 0 Å². The number of carboxylic acid groups (broad SMARTS) is 1. The van der Waals surface area contributed by atoms with Crippen LogP contribution in [0.15, 0.2) is 30.3 Å². The number of carboxylic acids is 1. The molecule has 1 aromatic carbocycles. The summed E-state index contributed by atoms with van der Waals surface area (Å²) in [6.45, 7) is 3.63. The van der Waals surface area contributed by atoms with Crippen LogP contribution < -0.4 is 9.64 Å². The van der Waals surface area contributed by atoms with Crippen LogP contribution in [0.2, 0.25) is 0 Å². The van der Waals surface area contributed by atoms with Crippen molar-refractivity contribution < 1.29 is 14.6 Å². The molecule has 1 aromatic heterocycles. The average molecular weight is 326 g/mol. The first kappa shape index (κ1) is 16.3. The van der Waals surface area contributed by atoms with Gasteiger partial charge in [-0.2, -0.15) is 0 Å². The standard InChI is InChI=1S/C19H22N2O3/c1-13-12-16(14-6-8-15(24-2)9-7-14)17(19(22)23)18(20-13)21-10-4-3-5-11-21/h6-9,12H,3-5,10-11H2,1-2H3,(H,22,23). The minimum atomic E-state index is -0.936. The lowest BCUT2D eigenvalue weighted by atomic mass is 9.98. The van der Waals surface area contributed by atoms with Crippen molar-refractivity contribution in [2.75, 3.05) is 25.1 Å². The van der Waals surface area contributed by atoms with Crippen molar-refractivity contribution in [1.29, 1.82) is 0 Å². The zero-order chi connectivity index (χ0) is 17.1. The normalized spacial score (nSPS) is 14.5. The highest BCUT2D eigenvalue weighted by molar-refractivity contribution is 6.01. The van der Waals surface area contributed by atoms with Crippen molar-refractivity contribution in [3.63, 3.8) is 0 Å². The van der Waals surface area contributed by atoms with Gasteiger partial charge in [0, 0.05) is 24.3 Å². The van der Waals surface area contributed by atoms with Gasteiger partial charge in [-0.05, 0) is 49.9 Å². The van der Waals surface area contributed by atoms with E-state index in [2.05, 4.69) is 9.88 Å². The van der Waals surface area contributed by atoms with Crippen LogP contribution in [0.3, 0.4) is 0 Å². The lowest BCUT2D eigenvalue weighted by molar-refractivity contribution is 0.0698. The third-order valence-electron chi connectivity index (χ3n) is 4.40. The van der Waals surface area contributed by atoms with Crippen LogP contribution in [-0.4, -0.2) is 36.3 Å². The number of benzene rings is 1. The fourth-order valence-corrected chi connectivity index (χ4v) is 3.20. The number of ether oxygens (including phenoxy) is 1. The quantitative estimate of drug-likeness (QED) is 0.927. The average Bonchev–Trinajstić information content (AvgIpc) is 2.61. The fourth-order valence-electron chi connectivity index (χ4n) is 3.20. The summed E-state index contributed by atoms with van der Waals surface area (Å²) in [5.74, 6) is 0.402. The van der Waals surface area contributed by atoms with E-state index < -0.39 is 5.97 Å². The van der Waals surface area contributed by atoms with Gasteiger partial charge in [-0.15, -0.1) is 0 Å². The Labute approximate surface area is 141 Å². The van der Waals surface area contributed by atoms with Gasteiger partial charge in [-0.25, -0.2) is 9.78 Å². The smallest absolute Gasteiger partial charge is 0.340 e. The molecule has 1 fully saturated rings. The number of anilines is 1. The highest BCUT2D eigenvalue weighted by atomic mass is 16.5. The molecule has 1 aliphatic rings. The van der Waals surface area contributed by atoms with Gasteiger partial charge in [-0.1, -0.05) is 12.1 Å². The fraction of sp³-hybridized carbons (Fsp3) is 0.368. The topological polar surface area (TPSA) is 62.7 Å². The van der Waals surface area contributed by atoms with Crippen LogP contribution in [0, 0.1) is 6.92 Å². The summed E-state index contributed by atoms with van der Waals surface area (Å²) >= 11 is 0. The van der Waals surface area contributed by atoms with Crippen molar-refractivity contribution in [3.05, 3.63) is 41.6 Å². The molecule has 126 valence electrons. The number of methoxy groups -OCH3 is 1. The van der Waals surface area contributed by atoms with E-state index in [1.54, 1.807) is 7.11 Å². The minimum Gasteiger partial charge on any atom is -0.497 e. The molecule has 1 aliphatic heterocycles. The summed E-state index contributed by atoms with van der Waals surface area (Å²) in [7, 11) is 1.61. The monoisotopic (exact) mass is 326 g/mol. The Balaban J connectivity index is 2.13. The molecule has 0 radical (unpaired) electrons. The largest absolute Gasteiger partial charge is 0.497 e. The summed E-state index contributed by atoms with van der Waals surface area (Å²) in [5, 5.41) is 9.84. The Morgan fingerprint density at radius 1 is 1.17 bits per heavy atom. The number of rotatable bonds is 4. The highest BCUT2D eigenvalue weighted by Crippen LogP contribution is 2.33. The van der Waals surface area contributed by atoms with E-state index in [9.17, 15) is 9.90 Å². The van der Waals surface area contributed by atoms with Crippen molar-refractivity contribution in [2.45, 2.75) is 26.2 Å². The molecule has 0 saturated carbocycles. The molecule has 0 spiro atoms. The molecule has 0 unspecified atom stereocenters. The first-order chi connectivity index (χ1) is 11.6. The highest BCUT2D eigenvalue weighted by Gasteiger charge is 2.24. The molecule has 0 atom stereocenters. The zero-order valence-corrected chi connectivity index (χ0v) is 14.1. The molecule has 1 saturated heterocycles. The van der Waals surface area contributed by atoms with Crippen molar-refractivity contribution in [1.82, 2.24) is 4.98 Å². The molecule has 2 heterocycles. The summed E-state index contributed by atoms with van der Waals surface area (Å²) < 4.78 is 5.19. The third kappa shape index (κ3) is 3.20. The summed E-state index contributed by atoms with van der Waals surface area (Å²) in [6, 6.07) is 9.31. The van der Waals surface area contributed by atoms with E-state index in [-0.39, 0.29) is 5.56 Å². The van der Waals surface area contributed by atoms with Crippen molar-refractivity contribution in [3.8, 4) is 16.9 Å². The van der Waals surface area contributed by atoms with E-state index in [4.69, 9.17) is 4.74 Å². The number of hydrogen-bond donors (Lipinski definition) is 1. The number of pyridine rings is 1. The third-order valence-corrected chi connectivity index (χ3v) is 4.40. The van der Waals surface area contributed by atoms with E-state index in [0.717, 1.165) is 42.9 Å². The minimum absolute atomic E-state index is 0.285. The number of aromatic carboxylic acids is 1. The van der Waals surface area contributed by atoms with Crippen molar-refractivity contribution >= 4 is 11.8 Å². The lowest BCUT2D eigenvalue weighted by Crippen LogP contribution is -2.32. The van der Waals surface area contributed by atoms with E-state index in [1.807, 2.05) is 37.3 Å². The molecule has 0 bridgehead atoms. The molecule has 24 heavy (non-hydrogen) atoms. The number of aryl methyl sites for hydroxylation is 1. The Bertz CT molecular complexity index is 735. The van der Waals surface area contributed by atoms with Crippen LogP contribution in [0.5, 0.6) is 5.75 Å². The van der Waals surface area contributed by atoms with Gasteiger partial charge < -0.3 is 14.7 Å². The molecular formula is C19H22N2O3. The van der Waals surface area contributed by atoms with E-state index in [0.29, 0.717) is 11.4 Å². The Morgan fingerprint density at radius 2 is 1.83 bits per heavy atom. The Hall–Kier alpha value is -2.56. The van der Waals surface area contributed by atoms with Gasteiger partial charge in [0.15, 0.2) is 0 Å². The van der Waals surface area contributed by atoms with Crippen LogP contribution in [0.25, 0.3) is 11.1 Å². The lowest BCUT2D eigenvalue weighted by Gasteiger charge is -2.29. The van der Waals surface area contributed by atoms with E-state index in [1.165, 1.54) is 6.42 Å². The van der Waals surface area contributed by atoms with Gasteiger partial charge in [0.25, 0.3) is 0 Å². The van der Waals surface area contributed by atoms with Gasteiger partial charge in [0.1, 0.15) is 17.1 Å². The van der Waals surface area contributed by atoms with Crippen LogP contribution in [0.1, 0.15) is 35.3 Å². The van der Waals surface area contributed by atoms with Crippen LogP contribution >= 0.6 is 0 Å². The molecular weight excluding hydrogens is 304 g/mol. The predicted octanol–water partition coefficient (Wildman–Crippen LogP) is 3.75. The maximum Gasteiger partial charge on any atom is 0.340 e. The molecule has 5 heteroatoms. The van der Waals surface area contributed by atoms with Crippen LogP contribution in [-0.2, 0) is 0 Å². The molecule has 1 N–H and O–H groups in total. The van der Waals surface area contributed by atoms with Gasteiger partial charge in [0.2, 0.25) is 0 Å².